The van der Waals surface area contributed by atoms with Crippen LogP contribution in [0.1, 0.15) is 29.8 Å². The molecule has 1 N–H and O–H groups in total. The molecular weight excluding hydrogens is 249 g/mol. The molecule has 0 unspecified atom stereocenters. The van der Waals surface area contributed by atoms with E-state index in [9.17, 15) is 9.18 Å². The monoisotopic (exact) mass is 267 g/mol. The highest BCUT2D eigenvalue weighted by atomic mass is 19.1. The maximum atomic E-state index is 13.3. The van der Waals surface area contributed by atoms with E-state index in [0.717, 1.165) is 6.54 Å². The summed E-state index contributed by atoms with van der Waals surface area (Å²) in [6.45, 7) is 6.42. The van der Waals surface area contributed by atoms with Gasteiger partial charge in [-0.25, -0.2) is 9.18 Å². The smallest absolute Gasteiger partial charge is 0.336 e. The number of carboxylic acids is 1. The third-order valence-corrected chi connectivity index (χ3v) is 3.20. The lowest BCUT2D eigenvalue weighted by Crippen LogP contribution is -2.47. The van der Waals surface area contributed by atoms with Gasteiger partial charge in [0.05, 0.1) is 17.8 Å². The van der Waals surface area contributed by atoms with Gasteiger partial charge in [0.2, 0.25) is 0 Å². The SMILES string of the molecule is CC1(C)CN(Cc2cc(F)ccc2C(=O)O)CCO1. The Balaban J connectivity index is 2.18. The Morgan fingerprint density at radius 3 is 2.89 bits per heavy atom. The van der Waals surface area contributed by atoms with Gasteiger partial charge in [-0.05, 0) is 37.6 Å². The van der Waals surface area contributed by atoms with Crippen molar-refractivity contribution in [2.75, 3.05) is 19.7 Å². The van der Waals surface area contributed by atoms with Gasteiger partial charge in [0.1, 0.15) is 5.82 Å². The molecule has 0 saturated carbocycles. The summed E-state index contributed by atoms with van der Waals surface area (Å²) in [4.78, 5) is 13.2. The number of carbonyl (C=O) groups is 1. The minimum Gasteiger partial charge on any atom is -0.478 e. The van der Waals surface area contributed by atoms with E-state index < -0.39 is 11.8 Å². The average molecular weight is 267 g/mol. The van der Waals surface area contributed by atoms with E-state index in [1.54, 1.807) is 0 Å². The van der Waals surface area contributed by atoms with Crippen molar-refractivity contribution < 1.29 is 19.0 Å². The number of ether oxygens (including phenoxy) is 1. The predicted octanol–water partition coefficient (Wildman–Crippen LogP) is 2.13. The van der Waals surface area contributed by atoms with Crippen LogP contribution in [0, 0.1) is 5.82 Å². The first kappa shape index (κ1) is 14.0. The Morgan fingerprint density at radius 1 is 1.53 bits per heavy atom. The van der Waals surface area contributed by atoms with Crippen molar-refractivity contribution in [2.24, 2.45) is 0 Å². The van der Waals surface area contributed by atoms with Crippen LogP contribution in [0.5, 0.6) is 0 Å². The zero-order valence-corrected chi connectivity index (χ0v) is 11.1. The molecule has 1 saturated heterocycles. The third kappa shape index (κ3) is 3.52. The van der Waals surface area contributed by atoms with Gasteiger partial charge in [-0.1, -0.05) is 0 Å². The topological polar surface area (TPSA) is 49.8 Å². The average Bonchev–Trinajstić information content (AvgIpc) is 2.27. The number of morpholine rings is 1. The quantitative estimate of drug-likeness (QED) is 0.911. The van der Waals surface area contributed by atoms with Gasteiger partial charge in [0.15, 0.2) is 0 Å². The van der Waals surface area contributed by atoms with Gasteiger partial charge in [-0.3, -0.25) is 4.90 Å². The highest BCUT2D eigenvalue weighted by Crippen LogP contribution is 2.20. The Hall–Kier alpha value is -1.46. The first-order chi connectivity index (χ1) is 8.87. The summed E-state index contributed by atoms with van der Waals surface area (Å²) in [5.74, 6) is -1.44. The molecule has 1 fully saturated rings. The van der Waals surface area contributed by atoms with Gasteiger partial charge in [-0.15, -0.1) is 0 Å². The molecule has 0 aliphatic carbocycles. The summed E-state index contributed by atoms with van der Waals surface area (Å²) in [7, 11) is 0. The summed E-state index contributed by atoms with van der Waals surface area (Å²) >= 11 is 0. The van der Waals surface area contributed by atoms with E-state index in [4.69, 9.17) is 9.84 Å². The maximum Gasteiger partial charge on any atom is 0.336 e. The van der Waals surface area contributed by atoms with Crippen LogP contribution in [0.4, 0.5) is 4.39 Å². The van der Waals surface area contributed by atoms with Crippen LogP contribution in [0.15, 0.2) is 18.2 Å². The molecule has 1 aromatic rings. The molecule has 1 aromatic carbocycles. The Kier molecular flexibility index (Phi) is 3.87. The molecule has 0 radical (unpaired) electrons. The van der Waals surface area contributed by atoms with Crippen molar-refractivity contribution in [3.8, 4) is 0 Å². The number of carboxylic acid groups (broad SMARTS) is 1. The molecule has 0 aromatic heterocycles. The van der Waals surface area contributed by atoms with Crippen molar-refractivity contribution in [3.05, 3.63) is 35.1 Å². The van der Waals surface area contributed by atoms with E-state index in [1.165, 1.54) is 18.2 Å². The van der Waals surface area contributed by atoms with E-state index in [0.29, 0.717) is 25.3 Å². The van der Waals surface area contributed by atoms with Crippen LogP contribution in [-0.4, -0.2) is 41.3 Å². The molecule has 104 valence electrons. The fourth-order valence-corrected chi connectivity index (χ4v) is 2.39. The van der Waals surface area contributed by atoms with Crippen LogP contribution in [0.25, 0.3) is 0 Å². The van der Waals surface area contributed by atoms with Crippen LogP contribution in [-0.2, 0) is 11.3 Å². The normalized spacial score (nSPS) is 19.3. The molecular formula is C14H18FNO3. The molecule has 0 atom stereocenters. The molecule has 19 heavy (non-hydrogen) atoms. The zero-order chi connectivity index (χ0) is 14.0. The lowest BCUT2D eigenvalue weighted by atomic mass is 10.0. The highest BCUT2D eigenvalue weighted by Gasteiger charge is 2.27. The summed E-state index contributed by atoms with van der Waals surface area (Å²) in [6.07, 6.45) is 0. The summed E-state index contributed by atoms with van der Waals surface area (Å²) in [5.41, 5.74) is 0.408. The fourth-order valence-electron chi connectivity index (χ4n) is 2.39. The van der Waals surface area contributed by atoms with E-state index >= 15 is 0 Å². The lowest BCUT2D eigenvalue weighted by Gasteiger charge is -2.38. The van der Waals surface area contributed by atoms with Gasteiger partial charge < -0.3 is 9.84 Å². The molecule has 1 aliphatic rings. The maximum absolute atomic E-state index is 13.3. The Morgan fingerprint density at radius 2 is 2.26 bits per heavy atom. The Bertz CT molecular complexity index is 488. The van der Waals surface area contributed by atoms with Crippen molar-refractivity contribution >= 4 is 5.97 Å². The number of aromatic carboxylic acids is 1. The molecule has 0 amide bonds. The molecule has 2 rings (SSSR count). The third-order valence-electron chi connectivity index (χ3n) is 3.20. The zero-order valence-electron chi connectivity index (χ0n) is 11.1. The first-order valence-electron chi connectivity index (χ1n) is 6.25. The summed E-state index contributed by atoms with van der Waals surface area (Å²) in [5, 5.41) is 9.12. The molecule has 0 spiro atoms. The number of hydrogen-bond acceptors (Lipinski definition) is 3. The molecule has 5 heteroatoms. The van der Waals surface area contributed by atoms with Crippen molar-refractivity contribution in [1.82, 2.24) is 4.90 Å². The molecule has 1 aliphatic heterocycles. The minimum absolute atomic E-state index is 0.158. The minimum atomic E-state index is -1.03. The van der Waals surface area contributed by atoms with Crippen LogP contribution < -0.4 is 0 Å². The number of hydrogen-bond donors (Lipinski definition) is 1. The number of halogens is 1. The van der Waals surface area contributed by atoms with Gasteiger partial charge in [-0.2, -0.15) is 0 Å². The predicted molar refractivity (Wildman–Crippen MR) is 68.7 cm³/mol. The van der Waals surface area contributed by atoms with Gasteiger partial charge >= 0.3 is 5.97 Å². The second kappa shape index (κ2) is 5.27. The van der Waals surface area contributed by atoms with Crippen molar-refractivity contribution in [2.45, 2.75) is 26.0 Å². The van der Waals surface area contributed by atoms with Crippen LogP contribution in [0.3, 0.4) is 0 Å². The first-order valence-corrected chi connectivity index (χ1v) is 6.25. The molecule has 0 bridgehead atoms. The highest BCUT2D eigenvalue weighted by molar-refractivity contribution is 5.89. The number of benzene rings is 1. The van der Waals surface area contributed by atoms with Crippen LogP contribution in [0.2, 0.25) is 0 Å². The fraction of sp³-hybridized carbons (Fsp3) is 0.500. The second-order valence-electron chi connectivity index (χ2n) is 5.43. The van der Waals surface area contributed by atoms with E-state index in [1.807, 2.05) is 13.8 Å². The lowest BCUT2D eigenvalue weighted by molar-refractivity contribution is -0.0883. The summed E-state index contributed by atoms with van der Waals surface area (Å²) < 4.78 is 18.9. The number of rotatable bonds is 3. The van der Waals surface area contributed by atoms with Gasteiger partial charge in [0.25, 0.3) is 0 Å². The van der Waals surface area contributed by atoms with Crippen molar-refractivity contribution in [3.63, 3.8) is 0 Å². The summed E-state index contributed by atoms with van der Waals surface area (Å²) in [6, 6.07) is 3.79. The molecule has 4 nitrogen and oxygen atoms in total. The van der Waals surface area contributed by atoms with Gasteiger partial charge in [0, 0.05) is 19.6 Å². The van der Waals surface area contributed by atoms with E-state index in [-0.39, 0.29) is 11.2 Å². The standard InChI is InChI=1S/C14H18FNO3/c1-14(2)9-16(5-6-19-14)8-10-7-11(15)3-4-12(10)13(17)18/h3-4,7H,5-6,8-9H2,1-2H3,(H,17,18). The van der Waals surface area contributed by atoms with Crippen LogP contribution >= 0.6 is 0 Å². The molecule has 1 heterocycles. The second-order valence-corrected chi connectivity index (χ2v) is 5.43. The largest absolute Gasteiger partial charge is 0.478 e. The van der Waals surface area contributed by atoms with E-state index in [2.05, 4.69) is 4.90 Å². The number of nitrogens with zero attached hydrogens (tertiary/aromatic N) is 1. The Labute approximate surface area is 111 Å². The van der Waals surface area contributed by atoms with Crippen molar-refractivity contribution in [1.29, 1.82) is 0 Å².